The highest BCUT2D eigenvalue weighted by Crippen LogP contribution is 2.30. The number of nitrogens with zero attached hydrogens (tertiary/aromatic N) is 2. The van der Waals surface area contributed by atoms with Crippen LogP contribution >= 0.6 is 35.0 Å². The number of amides is 1. The molecule has 0 atom stereocenters. The Balaban J connectivity index is 1.61. The minimum Gasteiger partial charge on any atom is -0.289 e. The molecule has 0 saturated heterocycles. The van der Waals surface area contributed by atoms with E-state index in [4.69, 9.17) is 23.2 Å². The summed E-state index contributed by atoms with van der Waals surface area (Å²) in [4.78, 5) is 19.1. The Labute approximate surface area is 151 Å². The average molecular weight is 371 g/mol. The molecule has 0 N–H and O–H groups in total. The lowest BCUT2D eigenvalue weighted by atomic mass is 9.88. The Morgan fingerprint density at radius 3 is 2.78 bits per heavy atom. The summed E-state index contributed by atoms with van der Waals surface area (Å²) >= 11 is 13.7. The smallest absolute Gasteiger partial charge is 0.231 e. The zero-order valence-corrected chi connectivity index (χ0v) is 15.3. The van der Waals surface area contributed by atoms with Gasteiger partial charge in [0.25, 0.3) is 0 Å². The van der Waals surface area contributed by atoms with Gasteiger partial charge in [0.15, 0.2) is 5.17 Å². The van der Waals surface area contributed by atoms with E-state index in [1.165, 1.54) is 19.3 Å². The summed E-state index contributed by atoms with van der Waals surface area (Å²) < 4.78 is 0. The van der Waals surface area contributed by atoms with Crippen LogP contribution < -0.4 is 0 Å². The van der Waals surface area contributed by atoms with Gasteiger partial charge in [-0.2, -0.15) is 0 Å². The molecule has 3 nitrogen and oxygen atoms in total. The summed E-state index contributed by atoms with van der Waals surface area (Å²) in [7, 11) is 0. The first-order valence-corrected chi connectivity index (χ1v) is 9.82. The van der Waals surface area contributed by atoms with Crippen molar-refractivity contribution >= 4 is 46.0 Å². The first kappa shape index (κ1) is 17.1. The van der Waals surface area contributed by atoms with Gasteiger partial charge in [-0.15, -0.1) is 0 Å². The Kier molecular flexibility index (Phi) is 5.89. The van der Waals surface area contributed by atoms with E-state index in [-0.39, 0.29) is 11.8 Å². The van der Waals surface area contributed by atoms with Gasteiger partial charge in [0.2, 0.25) is 5.91 Å². The van der Waals surface area contributed by atoms with Crippen molar-refractivity contribution in [2.75, 3.05) is 13.1 Å². The minimum atomic E-state index is 0.187. The summed E-state index contributed by atoms with van der Waals surface area (Å²) in [6.07, 6.45) is 5.65. The van der Waals surface area contributed by atoms with Crippen LogP contribution in [0.15, 0.2) is 23.2 Å². The van der Waals surface area contributed by atoms with E-state index in [0.717, 1.165) is 23.6 Å². The van der Waals surface area contributed by atoms with Gasteiger partial charge in [-0.3, -0.25) is 14.7 Å². The van der Waals surface area contributed by atoms with Crippen LogP contribution in [0.5, 0.6) is 0 Å². The Bertz CT molecular complexity index is 615. The maximum absolute atomic E-state index is 12.7. The van der Waals surface area contributed by atoms with Gasteiger partial charge >= 0.3 is 0 Å². The van der Waals surface area contributed by atoms with Crippen molar-refractivity contribution in [1.82, 2.24) is 4.90 Å². The number of hydrogen-bond acceptors (Lipinski definition) is 3. The molecule has 23 heavy (non-hydrogen) atoms. The number of carbonyl (C=O) groups excluding carboxylic acids is 1. The van der Waals surface area contributed by atoms with Crippen LogP contribution in [0.2, 0.25) is 10.0 Å². The highest BCUT2D eigenvalue weighted by molar-refractivity contribution is 8.13. The first-order chi connectivity index (χ1) is 11.1. The number of halogens is 2. The highest BCUT2D eigenvalue weighted by atomic mass is 35.5. The Morgan fingerprint density at radius 1 is 1.26 bits per heavy atom. The topological polar surface area (TPSA) is 32.7 Å². The van der Waals surface area contributed by atoms with Crippen molar-refractivity contribution < 1.29 is 4.79 Å². The fraction of sp³-hybridized carbons (Fsp3) is 0.529. The molecule has 1 fully saturated rings. The standard InChI is InChI=1S/C17H20Cl2N2OS/c18-14-7-6-13(15(19)10-14)11-23-17-20-8-9-21(17)16(22)12-4-2-1-3-5-12/h6-7,10,12H,1-5,8-9,11H2. The van der Waals surface area contributed by atoms with E-state index in [1.54, 1.807) is 17.8 Å². The fourth-order valence-electron chi connectivity index (χ4n) is 3.11. The fourth-order valence-corrected chi connectivity index (χ4v) is 4.72. The largest absolute Gasteiger partial charge is 0.289 e. The number of thioether (sulfide) groups is 1. The van der Waals surface area contributed by atoms with Crippen molar-refractivity contribution in [2.24, 2.45) is 10.9 Å². The Hall–Kier alpha value is -0.710. The molecule has 0 unspecified atom stereocenters. The molecule has 1 aromatic rings. The molecule has 1 aliphatic heterocycles. The van der Waals surface area contributed by atoms with E-state index in [2.05, 4.69) is 4.99 Å². The zero-order chi connectivity index (χ0) is 16.2. The van der Waals surface area contributed by atoms with Crippen LogP contribution in [0.25, 0.3) is 0 Å². The second kappa shape index (κ2) is 7.91. The molecule has 124 valence electrons. The normalized spacial score (nSPS) is 19.0. The van der Waals surface area contributed by atoms with Gasteiger partial charge in [-0.05, 0) is 30.5 Å². The maximum Gasteiger partial charge on any atom is 0.231 e. The molecule has 1 aliphatic carbocycles. The summed E-state index contributed by atoms with van der Waals surface area (Å²) in [5.41, 5.74) is 1.01. The van der Waals surface area contributed by atoms with Crippen molar-refractivity contribution in [2.45, 2.75) is 37.9 Å². The predicted molar refractivity (Wildman–Crippen MR) is 98.3 cm³/mol. The van der Waals surface area contributed by atoms with Crippen LogP contribution in [0.1, 0.15) is 37.7 Å². The van der Waals surface area contributed by atoms with Crippen molar-refractivity contribution in [3.63, 3.8) is 0 Å². The third kappa shape index (κ3) is 4.23. The summed E-state index contributed by atoms with van der Waals surface area (Å²) in [5.74, 6) is 1.14. The van der Waals surface area contributed by atoms with Crippen LogP contribution in [0.4, 0.5) is 0 Å². The number of benzene rings is 1. The van der Waals surface area contributed by atoms with Gasteiger partial charge in [0.05, 0.1) is 6.54 Å². The lowest BCUT2D eigenvalue weighted by molar-refractivity contribution is -0.132. The number of aliphatic imine (C=N–C) groups is 1. The van der Waals surface area contributed by atoms with E-state index in [1.807, 2.05) is 17.0 Å². The molecule has 1 aromatic carbocycles. The van der Waals surface area contributed by atoms with Gasteiger partial charge < -0.3 is 0 Å². The van der Waals surface area contributed by atoms with E-state index in [0.29, 0.717) is 28.9 Å². The molecule has 6 heteroatoms. The molecule has 0 radical (unpaired) electrons. The first-order valence-electron chi connectivity index (χ1n) is 8.07. The number of amidine groups is 1. The second-order valence-corrected chi connectivity index (χ2v) is 7.80. The quantitative estimate of drug-likeness (QED) is 0.749. The molecule has 0 aromatic heterocycles. The SMILES string of the molecule is O=C(C1CCCCC1)N1CCN=C1SCc1ccc(Cl)cc1Cl. The van der Waals surface area contributed by atoms with Crippen LogP contribution in [-0.2, 0) is 10.5 Å². The van der Waals surface area contributed by atoms with E-state index < -0.39 is 0 Å². The molecule has 1 amide bonds. The summed E-state index contributed by atoms with van der Waals surface area (Å²) in [6.45, 7) is 1.42. The number of carbonyl (C=O) groups is 1. The maximum atomic E-state index is 12.7. The molecule has 0 bridgehead atoms. The van der Waals surface area contributed by atoms with Crippen molar-refractivity contribution in [3.05, 3.63) is 33.8 Å². The van der Waals surface area contributed by atoms with Gasteiger partial charge in [0, 0.05) is 28.3 Å². The van der Waals surface area contributed by atoms with Crippen LogP contribution in [0, 0.1) is 5.92 Å². The zero-order valence-electron chi connectivity index (χ0n) is 12.9. The lowest BCUT2D eigenvalue weighted by Crippen LogP contribution is -2.38. The highest BCUT2D eigenvalue weighted by Gasteiger charge is 2.30. The monoisotopic (exact) mass is 370 g/mol. The number of hydrogen-bond donors (Lipinski definition) is 0. The number of rotatable bonds is 3. The average Bonchev–Trinajstić information content (AvgIpc) is 3.02. The molecular formula is C17H20Cl2N2OS. The van der Waals surface area contributed by atoms with E-state index >= 15 is 0 Å². The van der Waals surface area contributed by atoms with Crippen molar-refractivity contribution in [1.29, 1.82) is 0 Å². The molecule has 1 saturated carbocycles. The van der Waals surface area contributed by atoms with Crippen LogP contribution in [-0.4, -0.2) is 29.1 Å². The minimum absolute atomic E-state index is 0.187. The van der Waals surface area contributed by atoms with Gasteiger partial charge in [-0.1, -0.05) is 60.3 Å². The molecule has 2 aliphatic rings. The lowest BCUT2D eigenvalue weighted by Gasteiger charge is -2.26. The molecule has 3 rings (SSSR count). The van der Waals surface area contributed by atoms with Crippen LogP contribution in [0.3, 0.4) is 0 Å². The predicted octanol–water partition coefficient (Wildman–Crippen LogP) is 5.01. The third-order valence-electron chi connectivity index (χ3n) is 4.39. The van der Waals surface area contributed by atoms with Gasteiger partial charge in [-0.25, -0.2) is 0 Å². The molecule has 0 spiro atoms. The molecule has 1 heterocycles. The third-order valence-corrected chi connectivity index (χ3v) is 6.04. The Morgan fingerprint density at radius 2 is 2.04 bits per heavy atom. The van der Waals surface area contributed by atoms with Gasteiger partial charge in [0.1, 0.15) is 0 Å². The second-order valence-electron chi connectivity index (χ2n) is 6.01. The summed E-state index contributed by atoms with van der Waals surface area (Å²) in [5, 5.41) is 2.14. The molecular weight excluding hydrogens is 351 g/mol. The summed E-state index contributed by atoms with van der Waals surface area (Å²) in [6, 6.07) is 5.52. The van der Waals surface area contributed by atoms with E-state index in [9.17, 15) is 4.79 Å². The van der Waals surface area contributed by atoms with Crippen molar-refractivity contribution in [3.8, 4) is 0 Å².